The molecule has 7 heteroatoms. The third-order valence-corrected chi connectivity index (χ3v) is 10.7. The molecule has 4 aliphatic rings. The van der Waals surface area contributed by atoms with Gasteiger partial charge in [0.15, 0.2) is 0 Å². The van der Waals surface area contributed by atoms with E-state index in [1.807, 2.05) is 0 Å². The number of rotatable bonds is 2. The first-order valence-corrected chi connectivity index (χ1v) is 16.0. The first kappa shape index (κ1) is 15.8. The third kappa shape index (κ3) is 3.53. The second kappa shape index (κ2) is 10.0. The van der Waals surface area contributed by atoms with Gasteiger partial charge >= 0.3 is 0 Å². The normalized spacial score (nSPS) is 18.9. The van der Waals surface area contributed by atoms with E-state index in [2.05, 4.69) is 0 Å². The molecule has 0 N–H and O–H groups in total. The van der Waals surface area contributed by atoms with Gasteiger partial charge in [-0.2, -0.15) is 0 Å². The quantitative estimate of drug-likeness (QED) is 0.184. The molecule has 7 aromatic rings. The zero-order chi connectivity index (χ0) is 47.2. The van der Waals surface area contributed by atoms with Crippen LogP contribution in [0.4, 0.5) is 42.9 Å². The highest BCUT2D eigenvalue weighted by Gasteiger charge is 2.52. The van der Waals surface area contributed by atoms with Crippen molar-refractivity contribution in [1.29, 1.82) is 0 Å². The monoisotopic (exact) mass is 665 g/mol. The number of halogens is 2. The maximum absolute atomic E-state index is 16.9. The van der Waals surface area contributed by atoms with Gasteiger partial charge in [-0.25, -0.2) is 8.78 Å². The van der Waals surface area contributed by atoms with Gasteiger partial charge in [0.2, 0.25) is 6.71 Å². The van der Waals surface area contributed by atoms with E-state index in [9.17, 15) is 11.0 Å². The van der Waals surface area contributed by atoms with E-state index in [4.69, 9.17) is 12.3 Å². The lowest BCUT2D eigenvalue weighted by Crippen LogP contribution is -2.68. The number of anilines is 6. The molecule has 49 heavy (non-hydrogen) atoms. The minimum atomic E-state index is -1.70. The van der Waals surface area contributed by atoms with Crippen LogP contribution in [-0.2, 0) is 0 Å². The van der Waals surface area contributed by atoms with Crippen LogP contribution in [0.15, 0.2) is 155 Å². The molecule has 2 nitrogen and oxygen atoms in total. The van der Waals surface area contributed by atoms with E-state index in [1.54, 1.807) is 24.3 Å². The van der Waals surface area contributed by atoms with Gasteiger partial charge in [0.25, 0.3) is 6.71 Å². The highest BCUT2D eigenvalue weighted by molar-refractivity contribution is 8.00. The number of para-hydroxylation sites is 4. The fourth-order valence-corrected chi connectivity index (χ4v) is 9.05. The molecule has 0 aromatic heterocycles. The molecule has 0 unspecified atom stereocenters. The van der Waals surface area contributed by atoms with Crippen LogP contribution >= 0.6 is 11.8 Å². The molecular formula is C42H24B2F2N2S. The predicted molar refractivity (Wildman–Crippen MR) is 201 cm³/mol. The highest BCUT2D eigenvalue weighted by Crippen LogP contribution is 2.53. The van der Waals surface area contributed by atoms with Gasteiger partial charge in [-0.1, -0.05) is 126 Å². The topological polar surface area (TPSA) is 6.48 Å². The predicted octanol–water partition coefficient (Wildman–Crippen LogP) is 7.01. The average molecular weight is 665 g/mol. The summed E-state index contributed by atoms with van der Waals surface area (Å²) in [6.07, 6.45) is 0. The molecule has 0 spiro atoms. The zero-order valence-electron chi connectivity index (χ0n) is 41.8. The van der Waals surface area contributed by atoms with E-state index >= 15 is 8.78 Å². The van der Waals surface area contributed by atoms with E-state index in [0.717, 1.165) is 34.9 Å². The number of hydrogen-bond donors (Lipinski definition) is 0. The Morgan fingerprint density at radius 3 is 1.71 bits per heavy atom. The fourth-order valence-electron chi connectivity index (χ4n) is 7.76. The Labute approximate surface area is 311 Å². The van der Waals surface area contributed by atoms with Crippen LogP contribution in [0.3, 0.4) is 0 Å². The molecule has 0 radical (unpaired) electrons. The molecule has 0 saturated heterocycles. The second-order valence-electron chi connectivity index (χ2n) is 11.8. The molecule has 0 bridgehead atoms. The van der Waals surface area contributed by atoms with Crippen LogP contribution in [0.1, 0.15) is 23.3 Å². The first-order chi connectivity index (χ1) is 31.3. The number of fused-ring (bicyclic) bond motifs is 10. The summed E-state index contributed by atoms with van der Waals surface area (Å²) in [4.78, 5) is 2.69. The molecule has 4 heterocycles. The molecule has 7 aromatic carbocycles. The fraction of sp³-hybridized carbons (Fsp3) is 0. The largest absolute Gasteiger partial charge is 0.312 e. The van der Waals surface area contributed by atoms with Gasteiger partial charge in [-0.15, -0.1) is 0 Å². The summed E-state index contributed by atoms with van der Waals surface area (Å²) < 4.78 is 190. The minimum absolute atomic E-state index is 0.0250. The summed E-state index contributed by atoms with van der Waals surface area (Å²) >= 11 is 1.02. The Morgan fingerprint density at radius 1 is 0.510 bits per heavy atom. The number of nitrogens with zero attached hydrogens (tertiary/aromatic N) is 2. The summed E-state index contributed by atoms with van der Waals surface area (Å²) in [6, 6.07) is -2.90. The van der Waals surface area contributed by atoms with Crippen molar-refractivity contribution in [3.63, 3.8) is 0 Å². The van der Waals surface area contributed by atoms with E-state index < -0.39 is 145 Å². The van der Waals surface area contributed by atoms with Gasteiger partial charge < -0.3 is 9.80 Å². The molecular weight excluding hydrogens is 624 g/mol. The molecule has 0 saturated carbocycles. The molecule has 4 aliphatic heterocycles. The maximum Gasteiger partial charge on any atom is 0.252 e. The Balaban J connectivity index is 1.52. The van der Waals surface area contributed by atoms with E-state index in [1.165, 1.54) is 4.90 Å². The molecule has 0 fully saturated rings. The van der Waals surface area contributed by atoms with Crippen LogP contribution in [0.2, 0.25) is 0 Å². The van der Waals surface area contributed by atoms with Crippen molar-refractivity contribution < 1.29 is 32.1 Å². The highest BCUT2D eigenvalue weighted by atomic mass is 32.2. The summed E-state index contributed by atoms with van der Waals surface area (Å²) in [5.74, 6) is -2.49. The Kier molecular flexibility index (Phi) is 3.22. The average Bonchev–Trinajstić information content (AvgIpc) is 3.30. The molecule has 0 atom stereocenters. The van der Waals surface area contributed by atoms with Gasteiger partial charge in [-0.05, 0) is 69.2 Å². The van der Waals surface area contributed by atoms with Crippen LogP contribution in [-0.4, -0.2) is 13.4 Å². The van der Waals surface area contributed by atoms with Crippen molar-refractivity contribution in [2.24, 2.45) is 0 Å². The standard InChI is InChI=1S/C42H24B2F2N2S/c45-30-19-12-20-31(46)39(30)48-34-23-10-6-17-28(34)43-26-15-4-8-21-32(26)47-33-22-9-5-16-27(33)44-29-18-7-11-24-35(29)49-42-36(25-13-2-1-3-14-25)40(48)37(43)41(47)38(42)44/h1-24H/i1D,2D,3D,4D,5D,6D,8D,9D,10D,13D,14D,15D,16D,17D,21D,22D,23D. The Hall–Kier alpha value is -5.52. The van der Waals surface area contributed by atoms with Gasteiger partial charge in [0.05, 0.1) is 29.0 Å². The van der Waals surface area contributed by atoms with Crippen molar-refractivity contribution in [1.82, 2.24) is 0 Å². The smallest absolute Gasteiger partial charge is 0.252 e. The van der Waals surface area contributed by atoms with Crippen molar-refractivity contribution >= 4 is 92.1 Å². The molecule has 11 rings (SSSR count). The van der Waals surface area contributed by atoms with Crippen molar-refractivity contribution in [3.05, 3.63) is 157 Å². The molecule has 0 amide bonds. The van der Waals surface area contributed by atoms with Crippen molar-refractivity contribution in [2.45, 2.75) is 9.79 Å². The second-order valence-corrected chi connectivity index (χ2v) is 12.8. The number of benzene rings is 7. The summed E-state index contributed by atoms with van der Waals surface area (Å²) in [5.41, 5.74) is -3.40. The Morgan fingerprint density at radius 2 is 1.06 bits per heavy atom. The molecule has 228 valence electrons. The van der Waals surface area contributed by atoms with Crippen LogP contribution in [0, 0.1) is 11.6 Å². The summed E-state index contributed by atoms with van der Waals surface area (Å²) in [7, 11) is 0. The van der Waals surface area contributed by atoms with Gasteiger partial charge in [-0.3, -0.25) is 0 Å². The van der Waals surface area contributed by atoms with Gasteiger partial charge in [0, 0.05) is 38.1 Å². The zero-order valence-corrected chi connectivity index (χ0v) is 25.6. The maximum atomic E-state index is 16.9. The first-order valence-electron chi connectivity index (χ1n) is 23.7. The SMILES string of the molecule is [2H]c1c([2H])c([2H])c(-c2c3c4c5c6c2N(c2c(F)cccc2F)c2c([2H])c([2H])c([2H])c([2H])c2B6c2c([2H])c([2H])c([2H])c([2H])c2N5c2c([2H])c([2H])c([2H])c([2H])c2B4c2ccccc2S3)c([2H])c1[2H]. The van der Waals surface area contributed by atoms with Crippen molar-refractivity contribution in [3.8, 4) is 11.1 Å². The van der Waals surface area contributed by atoms with E-state index in [0.29, 0.717) is 10.4 Å². The lowest BCUT2D eigenvalue weighted by molar-refractivity contribution is 0.586. The summed E-state index contributed by atoms with van der Waals surface area (Å²) in [6.45, 7) is -2.88. The van der Waals surface area contributed by atoms with Crippen LogP contribution in [0.25, 0.3) is 11.1 Å². The summed E-state index contributed by atoms with van der Waals surface area (Å²) in [5, 5.41) is 0. The number of hydrogen-bond acceptors (Lipinski definition) is 3. The van der Waals surface area contributed by atoms with Crippen LogP contribution in [0.5, 0.6) is 0 Å². The van der Waals surface area contributed by atoms with Gasteiger partial charge in [0.1, 0.15) is 17.3 Å². The lowest BCUT2D eigenvalue weighted by Gasteiger charge is -2.50. The van der Waals surface area contributed by atoms with Crippen molar-refractivity contribution in [2.75, 3.05) is 9.80 Å². The Bertz CT molecular complexity index is 3470. The molecule has 0 aliphatic carbocycles. The van der Waals surface area contributed by atoms with Crippen LogP contribution < -0.4 is 42.6 Å². The third-order valence-electron chi connectivity index (χ3n) is 9.48. The lowest BCUT2D eigenvalue weighted by atomic mass is 9.29. The minimum Gasteiger partial charge on any atom is -0.312 e. The van der Waals surface area contributed by atoms with E-state index in [-0.39, 0.29) is 60.5 Å².